The predicted molar refractivity (Wildman–Crippen MR) is 106 cm³/mol. The molecule has 0 bridgehead atoms. The van der Waals surface area contributed by atoms with Gasteiger partial charge in [0.15, 0.2) is 0 Å². The van der Waals surface area contributed by atoms with Gasteiger partial charge in [-0.25, -0.2) is 9.59 Å². The van der Waals surface area contributed by atoms with Gasteiger partial charge in [-0.1, -0.05) is 60.7 Å². The third-order valence-corrected chi connectivity index (χ3v) is 6.04. The summed E-state index contributed by atoms with van der Waals surface area (Å²) >= 11 is 0. The van der Waals surface area contributed by atoms with Gasteiger partial charge in [0.05, 0.1) is 6.61 Å². The van der Waals surface area contributed by atoms with Crippen LogP contribution >= 0.6 is 0 Å². The minimum Gasteiger partial charge on any atom is -0.459 e. The van der Waals surface area contributed by atoms with Crippen LogP contribution in [0.1, 0.15) is 24.0 Å². The van der Waals surface area contributed by atoms with Crippen LogP contribution in [0, 0.1) is 11.3 Å². The average Bonchev–Trinajstić information content (AvgIpc) is 3.51. The molecule has 0 spiro atoms. The maximum atomic E-state index is 13.0. The second-order valence-electron chi connectivity index (χ2n) is 7.81. The molecule has 3 atom stereocenters. The number of carbonyl (C=O) groups is 2. The first-order valence-electron chi connectivity index (χ1n) is 9.93. The van der Waals surface area contributed by atoms with Crippen molar-refractivity contribution in [2.75, 3.05) is 13.2 Å². The first-order chi connectivity index (χ1) is 14.1. The van der Waals surface area contributed by atoms with Crippen molar-refractivity contribution in [3.8, 4) is 0 Å². The lowest BCUT2D eigenvalue weighted by Gasteiger charge is -2.38. The predicted octanol–water partition coefficient (Wildman–Crippen LogP) is 3.14. The van der Waals surface area contributed by atoms with Crippen molar-refractivity contribution in [2.45, 2.75) is 32.1 Å². The van der Waals surface area contributed by atoms with Gasteiger partial charge in [0.1, 0.15) is 19.3 Å². The van der Waals surface area contributed by atoms with Crippen LogP contribution in [0.25, 0.3) is 0 Å². The number of benzene rings is 2. The Morgan fingerprint density at radius 3 is 2.14 bits per heavy atom. The number of aliphatic hydroxyl groups is 1. The van der Waals surface area contributed by atoms with Crippen LogP contribution in [0.15, 0.2) is 60.7 Å². The number of hydrogen-bond donors (Lipinski definition) is 1. The van der Waals surface area contributed by atoms with Gasteiger partial charge in [-0.05, 0) is 29.9 Å². The zero-order valence-corrected chi connectivity index (χ0v) is 16.2. The topological polar surface area (TPSA) is 76.1 Å². The zero-order valence-electron chi connectivity index (χ0n) is 16.2. The van der Waals surface area contributed by atoms with Crippen LogP contribution in [0.5, 0.6) is 0 Å². The highest BCUT2D eigenvalue weighted by atomic mass is 16.6. The van der Waals surface area contributed by atoms with Crippen LogP contribution in [-0.4, -0.2) is 41.3 Å². The molecule has 1 saturated carbocycles. The molecule has 6 nitrogen and oxygen atoms in total. The lowest BCUT2D eigenvalue weighted by molar-refractivity contribution is -0.156. The molecule has 1 heterocycles. The van der Waals surface area contributed by atoms with Crippen LogP contribution in [-0.2, 0) is 27.5 Å². The van der Waals surface area contributed by atoms with E-state index >= 15 is 0 Å². The normalized spacial score (nSPS) is 25.1. The smallest absolute Gasteiger partial charge is 0.410 e. The van der Waals surface area contributed by atoms with Crippen molar-refractivity contribution >= 4 is 12.1 Å². The standard InChI is InChI=1S/C23H25NO5/c25-16-23-13-19(23)11-12-24(22(27)29-15-18-9-5-2-6-10-18)20(23)21(26)28-14-17-7-3-1-4-8-17/h1-10,19-20,25H,11-16H2. The summed E-state index contributed by atoms with van der Waals surface area (Å²) in [4.78, 5) is 27.2. The number of fused-ring (bicyclic) bond motifs is 1. The Hall–Kier alpha value is -2.86. The molecule has 2 aromatic carbocycles. The van der Waals surface area contributed by atoms with E-state index < -0.39 is 23.5 Å². The highest BCUT2D eigenvalue weighted by Crippen LogP contribution is 2.60. The van der Waals surface area contributed by atoms with Crippen LogP contribution < -0.4 is 0 Å². The van der Waals surface area contributed by atoms with Gasteiger partial charge in [0, 0.05) is 12.0 Å². The monoisotopic (exact) mass is 395 g/mol. The van der Waals surface area contributed by atoms with E-state index in [1.165, 1.54) is 4.90 Å². The summed E-state index contributed by atoms with van der Waals surface area (Å²) in [6.45, 7) is 0.545. The highest BCUT2D eigenvalue weighted by Gasteiger charge is 2.66. The quantitative estimate of drug-likeness (QED) is 0.761. The second kappa shape index (κ2) is 8.25. The van der Waals surface area contributed by atoms with Crippen molar-refractivity contribution in [1.29, 1.82) is 0 Å². The fraction of sp³-hybridized carbons (Fsp3) is 0.391. The van der Waals surface area contributed by atoms with E-state index in [0.717, 1.165) is 24.0 Å². The molecule has 2 aromatic rings. The molecule has 1 aliphatic heterocycles. The molecular weight excluding hydrogens is 370 g/mol. The van der Waals surface area contributed by atoms with Gasteiger partial charge in [0.2, 0.25) is 0 Å². The maximum absolute atomic E-state index is 13.0. The van der Waals surface area contributed by atoms with E-state index in [1.807, 2.05) is 60.7 Å². The minimum atomic E-state index is -0.821. The fourth-order valence-corrected chi connectivity index (χ4v) is 4.31. The molecular formula is C23H25NO5. The number of aliphatic hydroxyl groups excluding tert-OH is 1. The molecule has 152 valence electrons. The summed E-state index contributed by atoms with van der Waals surface area (Å²) in [6.07, 6.45) is 0.925. The molecule has 4 rings (SSSR count). The molecule has 1 N–H and O–H groups in total. The third kappa shape index (κ3) is 3.98. The average molecular weight is 395 g/mol. The van der Waals surface area contributed by atoms with Gasteiger partial charge in [-0.15, -0.1) is 0 Å². The van der Waals surface area contributed by atoms with Crippen molar-refractivity contribution in [3.63, 3.8) is 0 Å². The van der Waals surface area contributed by atoms with Crippen LogP contribution in [0.3, 0.4) is 0 Å². The highest BCUT2D eigenvalue weighted by molar-refractivity contribution is 5.83. The first kappa shape index (κ1) is 19.5. The first-order valence-corrected chi connectivity index (χ1v) is 9.93. The van der Waals surface area contributed by atoms with Gasteiger partial charge < -0.3 is 14.6 Å². The summed E-state index contributed by atoms with van der Waals surface area (Å²) in [7, 11) is 0. The van der Waals surface area contributed by atoms with Crippen molar-refractivity contribution in [3.05, 3.63) is 71.8 Å². The molecule has 0 radical (unpaired) electrons. The summed E-state index contributed by atoms with van der Waals surface area (Å²) in [6, 6.07) is 18.0. The molecule has 1 aliphatic carbocycles. The molecule has 3 unspecified atom stereocenters. The van der Waals surface area contributed by atoms with Gasteiger partial charge in [-0.3, -0.25) is 4.90 Å². The Balaban J connectivity index is 1.46. The molecule has 2 fully saturated rings. The van der Waals surface area contributed by atoms with E-state index in [2.05, 4.69) is 0 Å². The van der Waals surface area contributed by atoms with Gasteiger partial charge in [0.25, 0.3) is 0 Å². The van der Waals surface area contributed by atoms with E-state index in [-0.39, 0.29) is 25.7 Å². The zero-order chi connectivity index (χ0) is 20.3. The molecule has 0 aromatic heterocycles. The van der Waals surface area contributed by atoms with Crippen molar-refractivity contribution in [1.82, 2.24) is 4.90 Å². The molecule has 2 aliphatic rings. The summed E-state index contributed by atoms with van der Waals surface area (Å²) in [5.41, 5.74) is 1.14. The third-order valence-electron chi connectivity index (χ3n) is 6.04. The second-order valence-corrected chi connectivity index (χ2v) is 7.81. The lowest BCUT2D eigenvalue weighted by atomic mass is 9.88. The van der Waals surface area contributed by atoms with Crippen molar-refractivity contribution in [2.24, 2.45) is 11.3 Å². The van der Waals surface area contributed by atoms with Crippen LogP contribution in [0.4, 0.5) is 4.79 Å². The Bertz CT molecular complexity index is 856. The number of likely N-dealkylation sites (tertiary alicyclic amines) is 1. The number of esters is 1. The van der Waals surface area contributed by atoms with Crippen molar-refractivity contribution < 1.29 is 24.2 Å². The molecule has 1 saturated heterocycles. The number of amides is 1. The summed E-state index contributed by atoms with van der Waals surface area (Å²) in [5.74, 6) is -0.248. The minimum absolute atomic E-state index is 0.134. The van der Waals surface area contributed by atoms with E-state index in [1.54, 1.807) is 0 Å². The largest absolute Gasteiger partial charge is 0.459 e. The Kier molecular flexibility index (Phi) is 5.53. The van der Waals surface area contributed by atoms with E-state index in [9.17, 15) is 14.7 Å². The number of carbonyl (C=O) groups excluding carboxylic acids is 2. The Morgan fingerprint density at radius 1 is 0.966 bits per heavy atom. The van der Waals surface area contributed by atoms with E-state index in [0.29, 0.717) is 6.54 Å². The summed E-state index contributed by atoms with van der Waals surface area (Å²) in [5, 5.41) is 10.0. The molecule has 6 heteroatoms. The van der Waals surface area contributed by atoms with Gasteiger partial charge in [-0.2, -0.15) is 0 Å². The van der Waals surface area contributed by atoms with E-state index in [4.69, 9.17) is 9.47 Å². The Morgan fingerprint density at radius 2 is 1.55 bits per heavy atom. The van der Waals surface area contributed by atoms with Gasteiger partial charge >= 0.3 is 12.1 Å². The number of nitrogens with zero attached hydrogens (tertiary/aromatic N) is 1. The lowest BCUT2D eigenvalue weighted by Crippen LogP contribution is -2.55. The maximum Gasteiger partial charge on any atom is 0.410 e. The van der Waals surface area contributed by atoms with Crippen LogP contribution in [0.2, 0.25) is 0 Å². The number of piperidine rings is 1. The summed E-state index contributed by atoms with van der Waals surface area (Å²) < 4.78 is 11.0. The number of rotatable bonds is 6. The Labute approximate surface area is 170 Å². The number of hydrogen-bond acceptors (Lipinski definition) is 5. The fourth-order valence-electron chi connectivity index (χ4n) is 4.31. The SMILES string of the molecule is O=C(OCc1ccccc1)C1N(C(=O)OCc2ccccc2)CCC2CC21CO. The number of ether oxygens (including phenoxy) is 2. The molecule has 1 amide bonds. The molecule has 29 heavy (non-hydrogen) atoms.